The number of hydrogen-bond donors (Lipinski definition) is 1. The van der Waals surface area contributed by atoms with E-state index in [-0.39, 0.29) is 5.69 Å². The maximum Gasteiger partial charge on any atom is 0.358 e. The quantitative estimate of drug-likeness (QED) is 0.815. The molecule has 0 aliphatic carbocycles. The molecule has 7 nitrogen and oxygen atoms in total. The summed E-state index contributed by atoms with van der Waals surface area (Å²) >= 11 is 0. The second-order valence-electron chi connectivity index (χ2n) is 4.23. The summed E-state index contributed by atoms with van der Waals surface area (Å²) in [4.78, 5) is 17.0. The fourth-order valence-corrected chi connectivity index (χ4v) is 1.63. The highest BCUT2D eigenvalue weighted by Gasteiger charge is 2.08. The molecule has 2 heterocycles. The summed E-state index contributed by atoms with van der Waals surface area (Å²) in [6.07, 6.45) is 3.19. The van der Waals surface area contributed by atoms with Crippen molar-refractivity contribution >= 4 is 5.97 Å². The Bertz CT molecular complexity index is 540. The van der Waals surface area contributed by atoms with E-state index in [0.29, 0.717) is 6.54 Å². The Hall–Kier alpha value is -2.28. The minimum absolute atomic E-state index is 0.0348. The lowest BCUT2D eigenvalue weighted by Gasteiger charge is -2.15. The highest BCUT2D eigenvalue weighted by Crippen LogP contribution is 1.99. The van der Waals surface area contributed by atoms with Gasteiger partial charge in [0.15, 0.2) is 5.69 Å². The highest BCUT2D eigenvalue weighted by atomic mass is 16.4. The molecule has 0 aliphatic rings. The van der Waals surface area contributed by atoms with Crippen LogP contribution in [0.3, 0.4) is 0 Å². The Labute approximate surface area is 110 Å². The van der Waals surface area contributed by atoms with Crippen LogP contribution in [0.5, 0.6) is 0 Å². The van der Waals surface area contributed by atoms with Crippen molar-refractivity contribution < 1.29 is 9.90 Å². The van der Waals surface area contributed by atoms with Gasteiger partial charge in [-0.05, 0) is 19.2 Å². The molecule has 1 N–H and O–H groups in total. The summed E-state index contributed by atoms with van der Waals surface area (Å²) < 4.78 is 1.53. The number of carboxylic acids is 1. The summed E-state index contributed by atoms with van der Waals surface area (Å²) in [6.45, 7) is 2.06. The molecule has 0 spiro atoms. The van der Waals surface area contributed by atoms with Gasteiger partial charge in [0.05, 0.1) is 18.4 Å². The van der Waals surface area contributed by atoms with Crippen molar-refractivity contribution in [2.45, 2.75) is 13.1 Å². The van der Waals surface area contributed by atoms with Crippen LogP contribution in [0.25, 0.3) is 0 Å². The van der Waals surface area contributed by atoms with Crippen molar-refractivity contribution in [3.05, 3.63) is 42.0 Å². The number of likely N-dealkylation sites (N-methyl/N-ethyl adjacent to an activating group) is 1. The first-order valence-electron chi connectivity index (χ1n) is 5.87. The average Bonchev–Trinajstić information content (AvgIpc) is 2.86. The van der Waals surface area contributed by atoms with E-state index in [2.05, 4.69) is 20.2 Å². The first-order valence-corrected chi connectivity index (χ1v) is 5.87. The SMILES string of the molecule is CN(CCn1cc(C(=O)O)nn1)Cc1ccccn1. The third-order valence-corrected chi connectivity index (χ3v) is 2.63. The minimum Gasteiger partial charge on any atom is -0.476 e. The topological polar surface area (TPSA) is 84.1 Å². The van der Waals surface area contributed by atoms with Crippen LogP contribution >= 0.6 is 0 Å². The number of rotatable bonds is 6. The molecule has 0 radical (unpaired) electrons. The lowest BCUT2D eigenvalue weighted by molar-refractivity contribution is 0.0690. The van der Waals surface area contributed by atoms with Gasteiger partial charge in [-0.15, -0.1) is 5.10 Å². The van der Waals surface area contributed by atoms with E-state index >= 15 is 0 Å². The Morgan fingerprint density at radius 1 is 1.47 bits per heavy atom. The summed E-state index contributed by atoms with van der Waals surface area (Å²) in [7, 11) is 1.98. The van der Waals surface area contributed by atoms with Gasteiger partial charge in [-0.2, -0.15) is 0 Å². The van der Waals surface area contributed by atoms with E-state index in [0.717, 1.165) is 18.8 Å². The van der Waals surface area contributed by atoms with Crippen molar-refractivity contribution in [3.63, 3.8) is 0 Å². The van der Waals surface area contributed by atoms with E-state index in [9.17, 15) is 4.79 Å². The van der Waals surface area contributed by atoms with Gasteiger partial charge in [-0.25, -0.2) is 4.79 Å². The van der Waals surface area contributed by atoms with Crippen LogP contribution in [0.15, 0.2) is 30.6 Å². The molecule has 19 heavy (non-hydrogen) atoms. The monoisotopic (exact) mass is 261 g/mol. The lowest BCUT2D eigenvalue weighted by Crippen LogP contribution is -2.23. The molecular formula is C12H15N5O2. The second-order valence-corrected chi connectivity index (χ2v) is 4.23. The van der Waals surface area contributed by atoms with Crippen LogP contribution in [0.1, 0.15) is 16.2 Å². The lowest BCUT2D eigenvalue weighted by atomic mass is 10.3. The summed E-state index contributed by atoms with van der Waals surface area (Å²) in [5, 5.41) is 16.1. The number of aromatic carboxylic acids is 1. The molecule has 2 aromatic rings. The first-order chi connectivity index (χ1) is 9.15. The third kappa shape index (κ3) is 3.85. The number of pyridine rings is 1. The molecule has 0 bridgehead atoms. The van der Waals surface area contributed by atoms with Gasteiger partial charge in [-0.3, -0.25) is 14.6 Å². The Balaban J connectivity index is 1.83. The fourth-order valence-electron chi connectivity index (χ4n) is 1.63. The van der Waals surface area contributed by atoms with Gasteiger partial charge in [0.2, 0.25) is 0 Å². The van der Waals surface area contributed by atoms with Crippen LogP contribution in [-0.2, 0) is 13.1 Å². The van der Waals surface area contributed by atoms with Crippen molar-refractivity contribution in [1.29, 1.82) is 0 Å². The molecule has 2 rings (SSSR count). The van der Waals surface area contributed by atoms with Crippen LogP contribution in [0, 0.1) is 0 Å². The molecule has 0 fully saturated rings. The van der Waals surface area contributed by atoms with Crippen molar-refractivity contribution in [2.24, 2.45) is 0 Å². The zero-order chi connectivity index (χ0) is 13.7. The van der Waals surface area contributed by atoms with Gasteiger partial charge in [0.25, 0.3) is 0 Å². The summed E-state index contributed by atoms with van der Waals surface area (Å²) in [5.74, 6) is -1.06. The van der Waals surface area contributed by atoms with Gasteiger partial charge < -0.3 is 5.11 Å². The second kappa shape index (κ2) is 6.05. The molecule has 0 amide bonds. The zero-order valence-corrected chi connectivity index (χ0v) is 10.6. The predicted molar refractivity (Wildman–Crippen MR) is 67.6 cm³/mol. The normalized spacial score (nSPS) is 10.8. The van der Waals surface area contributed by atoms with Crippen LogP contribution in [0.4, 0.5) is 0 Å². The Morgan fingerprint density at radius 2 is 2.32 bits per heavy atom. The molecule has 0 unspecified atom stereocenters. The van der Waals surface area contributed by atoms with Crippen molar-refractivity contribution in [3.8, 4) is 0 Å². The van der Waals surface area contributed by atoms with Crippen LogP contribution in [-0.4, -0.2) is 49.5 Å². The van der Waals surface area contributed by atoms with Crippen molar-refractivity contribution in [2.75, 3.05) is 13.6 Å². The van der Waals surface area contributed by atoms with Crippen molar-refractivity contribution in [1.82, 2.24) is 24.9 Å². The zero-order valence-electron chi connectivity index (χ0n) is 10.6. The highest BCUT2D eigenvalue weighted by molar-refractivity contribution is 5.84. The van der Waals surface area contributed by atoms with E-state index < -0.39 is 5.97 Å². The molecule has 100 valence electrons. The molecule has 0 aliphatic heterocycles. The first kappa shape index (κ1) is 13.2. The Morgan fingerprint density at radius 3 is 2.95 bits per heavy atom. The number of carbonyl (C=O) groups is 1. The summed E-state index contributed by atoms with van der Waals surface area (Å²) in [5.41, 5.74) is 0.960. The molecule has 0 aromatic carbocycles. The maximum absolute atomic E-state index is 10.7. The molecular weight excluding hydrogens is 246 g/mol. The average molecular weight is 261 g/mol. The standard InChI is InChI=1S/C12H15N5O2/c1-16(8-10-4-2-3-5-13-10)6-7-17-9-11(12(18)19)14-15-17/h2-5,9H,6-8H2,1H3,(H,18,19). The maximum atomic E-state index is 10.7. The molecule has 0 saturated carbocycles. The summed E-state index contributed by atoms with van der Waals surface area (Å²) in [6, 6.07) is 5.80. The fraction of sp³-hybridized carbons (Fsp3) is 0.333. The molecule has 2 aromatic heterocycles. The van der Waals surface area contributed by atoms with E-state index in [1.165, 1.54) is 10.9 Å². The van der Waals surface area contributed by atoms with Crippen LogP contribution < -0.4 is 0 Å². The largest absolute Gasteiger partial charge is 0.476 e. The van der Waals surface area contributed by atoms with Gasteiger partial charge in [0.1, 0.15) is 0 Å². The Kier molecular flexibility index (Phi) is 4.19. The van der Waals surface area contributed by atoms with E-state index in [1.807, 2.05) is 25.2 Å². The third-order valence-electron chi connectivity index (χ3n) is 2.63. The minimum atomic E-state index is -1.06. The number of nitrogens with zero attached hydrogens (tertiary/aromatic N) is 5. The van der Waals surface area contributed by atoms with Gasteiger partial charge in [-0.1, -0.05) is 11.3 Å². The van der Waals surface area contributed by atoms with E-state index in [1.54, 1.807) is 6.20 Å². The molecule has 0 atom stereocenters. The van der Waals surface area contributed by atoms with Gasteiger partial charge in [0, 0.05) is 19.3 Å². The molecule has 0 saturated heterocycles. The van der Waals surface area contributed by atoms with Gasteiger partial charge >= 0.3 is 5.97 Å². The number of carboxylic acid groups (broad SMARTS) is 1. The molecule has 7 heteroatoms. The number of aromatic nitrogens is 4. The van der Waals surface area contributed by atoms with Crippen LogP contribution in [0.2, 0.25) is 0 Å². The number of hydrogen-bond acceptors (Lipinski definition) is 5. The predicted octanol–water partition coefficient (Wildman–Crippen LogP) is 0.503. The smallest absolute Gasteiger partial charge is 0.358 e. The van der Waals surface area contributed by atoms with E-state index in [4.69, 9.17) is 5.11 Å².